The molecule has 33 heavy (non-hydrogen) atoms. The number of hydrogen-bond donors (Lipinski definition) is 2. The molecule has 1 aromatic carbocycles. The molecular formula is C23H32N6O3S. The number of hydrogen-bond acceptors (Lipinski definition) is 5. The number of benzene rings is 1. The van der Waals surface area contributed by atoms with Crippen molar-refractivity contribution in [3.63, 3.8) is 0 Å². The standard InChI is InChI=1S/C23H32N6O3S/c1-27-10-9-16(13-27)14-29(19-12-24-28(2)15-19)33(31,32)26-23(30)25-22-20-7-3-5-17(20)11-18-6-4-8-21(18)22/h11-12,15-16H,3-10,13-14H2,1-2H3,(H2,25,26,30). The van der Waals surface area contributed by atoms with E-state index in [-0.39, 0.29) is 5.92 Å². The highest BCUT2D eigenvalue weighted by molar-refractivity contribution is 7.91. The van der Waals surface area contributed by atoms with Gasteiger partial charge in [-0.15, -0.1) is 0 Å². The van der Waals surface area contributed by atoms with E-state index in [4.69, 9.17) is 0 Å². The predicted molar refractivity (Wildman–Crippen MR) is 128 cm³/mol. The molecule has 1 aliphatic heterocycles. The van der Waals surface area contributed by atoms with Crippen LogP contribution in [0, 0.1) is 5.92 Å². The molecule has 2 aliphatic carbocycles. The third kappa shape index (κ3) is 4.46. The van der Waals surface area contributed by atoms with Crippen molar-refractivity contribution in [1.29, 1.82) is 0 Å². The van der Waals surface area contributed by atoms with E-state index in [1.165, 1.54) is 32.8 Å². The molecule has 0 spiro atoms. The molecule has 178 valence electrons. The lowest BCUT2D eigenvalue weighted by Gasteiger charge is -2.26. The van der Waals surface area contributed by atoms with E-state index in [9.17, 15) is 13.2 Å². The number of amides is 2. The van der Waals surface area contributed by atoms with Crippen molar-refractivity contribution in [2.24, 2.45) is 13.0 Å². The number of carbonyl (C=O) groups is 1. The number of anilines is 2. The van der Waals surface area contributed by atoms with Gasteiger partial charge in [0.2, 0.25) is 0 Å². The van der Waals surface area contributed by atoms with Gasteiger partial charge in [0.25, 0.3) is 0 Å². The highest BCUT2D eigenvalue weighted by Crippen LogP contribution is 2.38. The fourth-order valence-corrected chi connectivity index (χ4v) is 6.74. The van der Waals surface area contributed by atoms with E-state index in [1.807, 2.05) is 7.05 Å². The van der Waals surface area contributed by atoms with Crippen LogP contribution in [0.5, 0.6) is 0 Å². The van der Waals surface area contributed by atoms with Gasteiger partial charge >= 0.3 is 16.2 Å². The van der Waals surface area contributed by atoms with Gasteiger partial charge < -0.3 is 10.2 Å². The van der Waals surface area contributed by atoms with Crippen LogP contribution < -0.4 is 14.3 Å². The van der Waals surface area contributed by atoms with Crippen LogP contribution in [0.2, 0.25) is 0 Å². The third-order valence-corrected chi connectivity index (χ3v) is 8.50. The minimum Gasteiger partial charge on any atom is -0.307 e. The summed E-state index contributed by atoms with van der Waals surface area (Å²) in [5.41, 5.74) is 6.19. The van der Waals surface area contributed by atoms with Gasteiger partial charge in [0, 0.05) is 32.0 Å². The van der Waals surface area contributed by atoms with E-state index in [0.717, 1.165) is 63.7 Å². The van der Waals surface area contributed by atoms with Crippen LogP contribution in [0.1, 0.15) is 41.5 Å². The Morgan fingerprint density at radius 1 is 1.15 bits per heavy atom. The number of aryl methyl sites for hydroxylation is 3. The van der Waals surface area contributed by atoms with Crippen LogP contribution in [-0.2, 0) is 42.9 Å². The maximum atomic E-state index is 13.4. The van der Waals surface area contributed by atoms with E-state index in [2.05, 4.69) is 26.1 Å². The zero-order chi connectivity index (χ0) is 23.2. The normalized spacial score (nSPS) is 20.0. The lowest BCUT2D eigenvalue weighted by molar-refractivity contribution is 0.256. The Balaban J connectivity index is 1.37. The lowest BCUT2D eigenvalue weighted by atomic mass is 9.99. The highest BCUT2D eigenvalue weighted by Gasteiger charge is 2.32. The summed E-state index contributed by atoms with van der Waals surface area (Å²) in [6.07, 6.45) is 10.1. The summed E-state index contributed by atoms with van der Waals surface area (Å²) in [7, 11) is -0.338. The molecule has 2 N–H and O–H groups in total. The number of likely N-dealkylation sites (tertiary alicyclic amines) is 1. The van der Waals surface area contributed by atoms with Gasteiger partial charge in [-0.1, -0.05) is 6.07 Å². The number of rotatable bonds is 6. The van der Waals surface area contributed by atoms with Gasteiger partial charge in [-0.3, -0.25) is 4.68 Å². The molecular weight excluding hydrogens is 440 g/mol. The van der Waals surface area contributed by atoms with Crippen LogP contribution in [-0.4, -0.2) is 55.8 Å². The number of fused-ring (bicyclic) bond motifs is 2. The molecule has 0 radical (unpaired) electrons. The quantitative estimate of drug-likeness (QED) is 0.672. The SMILES string of the molecule is CN1CCC(CN(c2cnn(C)c2)S(=O)(=O)NC(=O)Nc2c3c(cc4c2CCC4)CCC3)C1. The first-order valence-corrected chi connectivity index (χ1v) is 13.2. The number of nitrogens with one attached hydrogen (secondary N) is 2. The fraction of sp³-hybridized carbons (Fsp3) is 0.565. The van der Waals surface area contributed by atoms with Gasteiger partial charge in [-0.2, -0.15) is 13.5 Å². The molecule has 2 aromatic rings. The van der Waals surface area contributed by atoms with Gasteiger partial charge in [0.15, 0.2) is 0 Å². The third-order valence-electron chi connectivity index (χ3n) is 7.12. The Kier molecular flexibility index (Phi) is 5.82. The maximum Gasteiger partial charge on any atom is 0.334 e. The lowest BCUT2D eigenvalue weighted by Crippen LogP contribution is -2.47. The molecule has 0 bridgehead atoms. The van der Waals surface area contributed by atoms with Crippen molar-refractivity contribution in [2.75, 3.05) is 36.3 Å². The summed E-state index contributed by atoms with van der Waals surface area (Å²) in [5.74, 6) is 0.190. The number of nitrogens with zero attached hydrogens (tertiary/aromatic N) is 4. The van der Waals surface area contributed by atoms with Gasteiger partial charge in [-0.25, -0.2) is 13.8 Å². The Hall–Kier alpha value is -2.59. The molecule has 1 saturated heterocycles. The van der Waals surface area contributed by atoms with E-state index < -0.39 is 16.2 Å². The smallest absolute Gasteiger partial charge is 0.307 e. The predicted octanol–water partition coefficient (Wildman–Crippen LogP) is 2.22. The molecule has 3 aliphatic rings. The Morgan fingerprint density at radius 2 is 1.85 bits per heavy atom. The Bertz CT molecular complexity index is 1140. The largest absolute Gasteiger partial charge is 0.334 e. The van der Waals surface area contributed by atoms with Gasteiger partial charge in [-0.05, 0) is 86.7 Å². The average molecular weight is 473 g/mol. The van der Waals surface area contributed by atoms with E-state index in [0.29, 0.717) is 12.2 Å². The van der Waals surface area contributed by atoms with Crippen molar-refractivity contribution in [3.05, 3.63) is 40.7 Å². The van der Waals surface area contributed by atoms with Crippen LogP contribution in [0.25, 0.3) is 0 Å². The first-order chi connectivity index (χ1) is 15.8. The first kappa shape index (κ1) is 22.2. The van der Waals surface area contributed by atoms with Gasteiger partial charge in [0.1, 0.15) is 0 Å². The zero-order valence-electron chi connectivity index (χ0n) is 19.3. The van der Waals surface area contributed by atoms with Crippen molar-refractivity contribution >= 4 is 27.6 Å². The number of urea groups is 1. The van der Waals surface area contributed by atoms with Crippen molar-refractivity contribution in [1.82, 2.24) is 19.4 Å². The van der Waals surface area contributed by atoms with Crippen molar-refractivity contribution in [3.8, 4) is 0 Å². The molecule has 2 amide bonds. The molecule has 1 unspecified atom stereocenters. The van der Waals surface area contributed by atoms with Crippen LogP contribution in [0.3, 0.4) is 0 Å². The molecule has 5 rings (SSSR count). The minimum atomic E-state index is -4.12. The summed E-state index contributed by atoms with van der Waals surface area (Å²) in [4.78, 5) is 15.2. The molecule has 2 heterocycles. The Labute approximate surface area is 195 Å². The summed E-state index contributed by atoms with van der Waals surface area (Å²) < 4.78 is 31.9. The van der Waals surface area contributed by atoms with Gasteiger partial charge in [0.05, 0.1) is 11.9 Å². The summed E-state index contributed by atoms with van der Waals surface area (Å²) >= 11 is 0. The van der Waals surface area contributed by atoms with E-state index in [1.54, 1.807) is 17.9 Å². The maximum absolute atomic E-state index is 13.4. The molecule has 10 heteroatoms. The van der Waals surface area contributed by atoms with Crippen molar-refractivity contribution < 1.29 is 13.2 Å². The van der Waals surface area contributed by atoms with Crippen LogP contribution >= 0.6 is 0 Å². The molecule has 1 aromatic heterocycles. The van der Waals surface area contributed by atoms with Crippen LogP contribution in [0.15, 0.2) is 18.5 Å². The average Bonchev–Trinajstić information content (AvgIpc) is 3.53. The molecule has 1 fully saturated rings. The molecule has 0 saturated carbocycles. The van der Waals surface area contributed by atoms with E-state index >= 15 is 0 Å². The van der Waals surface area contributed by atoms with Crippen molar-refractivity contribution in [2.45, 2.75) is 44.9 Å². The second kappa shape index (κ2) is 8.64. The highest BCUT2D eigenvalue weighted by atomic mass is 32.2. The number of carbonyl (C=O) groups excluding carboxylic acids is 1. The first-order valence-electron chi connectivity index (χ1n) is 11.8. The second-order valence-electron chi connectivity index (χ2n) is 9.62. The summed E-state index contributed by atoms with van der Waals surface area (Å²) in [5, 5.41) is 7.06. The topological polar surface area (TPSA) is 99.6 Å². The van der Waals surface area contributed by atoms with Crippen LogP contribution in [0.4, 0.5) is 16.2 Å². The second-order valence-corrected chi connectivity index (χ2v) is 11.2. The Morgan fingerprint density at radius 3 is 2.42 bits per heavy atom. The molecule has 1 atom stereocenters. The minimum absolute atomic E-state index is 0.190. The zero-order valence-corrected chi connectivity index (χ0v) is 20.1. The molecule has 9 nitrogen and oxygen atoms in total. The number of aromatic nitrogens is 2. The monoisotopic (exact) mass is 472 g/mol. The summed E-state index contributed by atoms with van der Waals surface area (Å²) in [6, 6.07) is 1.58. The summed E-state index contributed by atoms with van der Waals surface area (Å²) in [6.45, 7) is 2.05. The fourth-order valence-electron chi connectivity index (χ4n) is 5.57.